The number of alkyl halides is 3. The number of benzene rings is 1. The highest BCUT2D eigenvalue weighted by atomic mass is 32.2. The van der Waals surface area contributed by atoms with Crippen molar-refractivity contribution in [3.8, 4) is 0 Å². The first-order valence-corrected chi connectivity index (χ1v) is 6.35. The van der Waals surface area contributed by atoms with Gasteiger partial charge in [-0.15, -0.1) is 0 Å². The van der Waals surface area contributed by atoms with Crippen molar-refractivity contribution in [2.24, 2.45) is 0 Å². The number of halogens is 3. The third kappa shape index (κ3) is 1.93. The zero-order valence-electron chi connectivity index (χ0n) is 8.85. The number of nitrogens with zero attached hydrogens (tertiary/aromatic N) is 1. The van der Waals surface area contributed by atoms with Gasteiger partial charge in [-0.05, 0) is 12.5 Å². The molecule has 1 fully saturated rings. The maximum atomic E-state index is 12.4. The SMILES string of the molecule is CC1C(c2ccccc2)N1S(=O)(=O)C(F)(F)F. The molecule has 0 aliphatic carbocycles. The minimum Gasteiger partial charge on any atom is -0.203 e. The molecule has 1 saturated heterocycles. The Kier molecular flexibility index (Phi) is 2.70. The van der Waals surface area contributed by atoms with Gasteiger partial charge in [0, 0.05) is 6.04 Å². The van der Waals surface area contributed by atoms with Gasteiger partial charge >= 0.3 is 15.5 Å². The second-order valence-electron chi connectivity index (χ2n) is 3.88. The third-order valence-electron chi connectivity index (χ3n) is 2.75. The third-order valence-corrected chi connectivity index (χ3v) is 4.45. The van der Waals surface area contributed by atoms with Crippen LogP contribution >= 0.6 is 0 Å². The van der Waals surface area contributed by atoms with Crippen molar-refractivity contribution in [3.63, 3.8) is 0 Å². The van der Waals surface area contributed by atoms with Crippen LogP contribution < -0.4 is 0 Å². The standard InChI is InChI=1S/C10H10F3NO2S/c1-7-9(8-5-3-2-4-6-8)14(7)17(15,16)10(11,12)13/h2-7,9H,1H3. The molecule has 1 heterocycles. The molecule has 1 aromatic carbocycles. The molecule has 0 spiro atoms. The Morgan fingerprint density at radius 2 is 1.71 bits per heavy atom. The van der Waals surface area contributed by atoms with Crippen LogP contribution in [0.1, 0.15) is 18.5 Å². The van der Waals surface area contributed by atoms with Gasteiger partial charge in [0.15, 0.2) is 0 Å². The molecule has 0 amide bonds. The molecule has 1 aliphatic rings. The van der Waals surface area contributed by atoms with Gasteiger partial charge in [-0.3, -0.25) is 0 Å². The topological polar surface area (TPSA) is 37.1 Å². The lowest BCUT2D eigenvalue weighted by molar-refractivity contribution is -0.0469. The Bertz CT molecular complexity index is 512. The quantitative estimate of drug-likeness (QED) is 0.769. The van der Waals surface area contributed by atoms with E-state index in [1.165, 1.54) is 6.92 Å². The summed E-state index contributed by atoms with van der Waals surface area (Å²) in [4.78, 5) is 0. The average Bonchev–Trinajstić information content (AvgIpc) is 2.90. The number of sulfonamides is 1. The molecule has 7 heteroatoms. The number of hydrogen-bond donors (Lipinski definition) is 0. The zero-order chi connectivity index (χ0) is 12.8. The summed E-state index contributed by atoms with van der Waals surface area (Å²) < 4.78 is 60.0. The Morgan fingerprint density at radius 1 is 1.18 bits per heavy atom. The summed E-state index contributed by atoms with van der Waals surface area (Å²) in [5, 5.41) is 0. The van der Waals surface area contributed by atoms with Crippen LogP contribution in [0.5, 0.6) is 0 Å². The monoisotopic (exact) mass is 265 g/mol. The van der Waals surface area contributed by atoms with Crippen LogP contribution in [-0.4, -0.2) is 24.3 Å². The maximum absolute atomic E-state index is 12.4. The average molecular weight is 265 g/mol. The van der Waals surface area contributed by atoms with Gasteiger partial charge in [-0.2, -0.15) is 17.5 Å². The van der Waals surface area contributed by atoms with Crippen LogP contribution in [0.3, 0.4) is 0 Å². The lowest BCUT2D eigenvalue weighted by Gasteiger charge is -2.09. The Hall–Kier alpha value is -1.08. The van der Waals surface area contributed by atoms with Crippen molar-refractivity contribution >= 4 is 10.0 Å². The van der Waals surface area contributed by atoms with E-state index >= 15 is 0 Å². The smallest absolute Gasteiger partial charge is 0.203 e. The molecule has 3 nitrogen and oxygen atoms in total. The Morgan fingerprint density at radius 3 is 2.18 bits per heavy atom. The first-order valence-electron chi connectivity index (χ1n) is 4.91. The summed E-state index contributed by atoms with van der Waals surface area (Å²) in [5.41, 5.74) is -4.65. The molecule has 1 aromatic rings. The van der Waals surface area contributed by atoms with Crippen molar-refractivity contribution in [2.75, 3.05) is 0 Å². The normalized spacial score (nSPS) is 29.1. The summed E-state index contributed by atoms with van der Waals surface area (Å²) in [6.45, 7) is 1.46. The molecule has 3 unspecified atom stereocenters. The van der Waals surface area contributed by atoms with Gasteiger partial charge in [0.2, 0.25) is 0 Å². The fourth-order valence-corrected chi connectivity index (χ4v) is 3.22. The first-order chi connectivity index (χ1) is 7.77. The Balaban J connectivity index is 2.29. The van der Waals surface area contributed by atoms with Crippen molar-refractivity contribution in [1.29, 1.82) is 0 Å². The summed E-state index contributed by atoms with van der Waals surface area (Å²) in [6, 6.07) is 6.93. The van der Waals surface area contributed by atoms with Crippen molar-refractivity contribution < 1.29 is 21.6 Å². The molecule has 0 saturated carbocycles. The minimum absolute atomic E-state index is 0.488. The van der Waals surface area contributed by atoms with E-state index in [2.05, 4.69) is 0 Å². The lowest BCUT2D eigenvalue weighted by Crippen LogP contribution is -2.30. The molecule has 3 atom stereocenters. The van der Waals surface area contributed by atoms with E-state index < -0.39 is 27.6 Å². The highest BCUT2D eigenvalue weighted by molar-refractivity contribution is 7.90. The van der Waals surface area contributed by atoms with E-state index in [0.717, 1.165) is 0 Å². The van der Waals surface area contributed by atoms with Crippen molar-refractivity contribution in [3.05, 3.63) is 35.9 Å². The van der Waals surface area contributed by atoms with Crippen LogP contribution in [0, 0.1) is 0 Å². The largest absolute Gasteiger partial charge is 0.511 e. The van der Waals surface area contributed by atoms with Gasteiger partial charge in [-0.1, -0.05) is 30.3 Å². The van der Waals surface area contributed by atoms with E-state index in [1.54, 1.807) is 30.3 Å². The molecule has 17 heavy (non-hydrogen) atoms. The highest BCUT2D eigenvalue weighted by Crippen LogP contribution is 2.49. The van der Waals surface area contributed by atoms with E-state index in [0.29, 0.717) is 9.87 Å². The second kappa shape index (κ2) is 3.71. The van der Waals surface area contributed by atoms with Crippen LogP contribution in [0.4, 0.5) is 13.2 Å². The van der Waals surface area contributed by atoms with Gasteiger partial charge in [0.05, 0.1) is 6.04 Å². The minimum atomic E-state index is -5.23. The van der Waals surface area contributed by atoms with Gasteiger partial charge in [0.1, 0.15) is 0 Å². The van der Waals surface area contributed by atoms with Gasteiger partial charge < -0.3 is 0 Å². The lowest BCUT2D eigenvalue weighted by atomic mass is 10.1. The predicted molar refractivity (Wildman–Crippen MR) is 55.5 cm³/mol. The molecule has 0 N–H and O–H groups in total. The van der Waals surface area contributed by atoms with Crippen molar-refractivity contribution in [2.45, 2.75) is 24.5 Å². The fraction of sp³-hybridized carbons (Fsp3) is 0.400. The molecule has 0 aromatic heterocycles. The van der Waals surface area contributed by atoms with E-state index in [-0.39, 0.29) is 0 Å². The van der Waals surface area contributed by atoms with Crippen LogP contribution in [-0.2, 0) is 10.0 Å². The highest BCUT2D eigenvalue weighted by Gasteiger charge is 2.62. The van der Waals surface area contributed by atoms with Crippen LogP contribution in [0.2, 0.25) is 0 Å². The summed E-state index contributed by atoms with van der Waals surface area (Å²) >= 11 is 0. The fourth-order valence-electron chi connectivity index (χ4n) is 1.89. The van der Waals surface area contributed by atoms with Gasteiger partial charge in [0.25, 0.3) is 0 Å². The van der Waals surface area contributed by atoms with E-state index in [4.69, 9.17) is 0 Å². The van der Waals surface area contributed by atoms with Crippen LogP contribution in [0.25, 0.3) is 0 Å². The second-order valence-corrected chi connectivity index (χ2v) is 5.71. The summed E-state index contributed by atoms with van der Waals surface area (Å²) in [7, 11) is -5.22. The zero-order valence-corrected chi connectivity index (χ0v) is 9.66. The summed E-state index contributed by atoms with van der Waals surface area (Å²) in [6.07, 6.45) is 0. The number of rotatable bonds is 2. The maximum Gasteiger partial charge on any atom is 0.511 e. The van der Waals surface area contributed by atoms with E-state index in [1.807, 2.05) is 0 Å². The molecular weight excluding hydrogens is 255 g/mol. The first kappa shape index (κ1) is 12.4. The number of hydrogen-bond acceptors (Lipinski definition) is 2. The van der Waals surface area contributed by atoms with E-state index in [9.17, 15) is 21.6 Å². The van der Waals surface area contributed by atoms with Crippen LogP contribution in [0.15, 0.2) is 30.3 Å². The molecular formula is C10H10F3NO2S. The molecule has 2 rings (SSSR count). The predicted octanol–water partition coefficient (Wildman–Crippen LogP) is 2.28. The molecule has 94 valence electrons. The van der Waals surface area contributed by atoms with Crippen molar-refractivity contribution in [1.82, 2.24) is 4.31 Å². The van der Waals surface area contributed by atoms with Gasteiger partial charge in [-0.25, -0.2) is 8.42 Å². The molecule has 1 aliphatic heterocycles. The summed E-state index contributed by atoms with van der Waals surface area (Å²) in [5.74, 6) is 0. The Labute approximate surface area is 96.9 Å². The molecule has 0 radical (unpaired) electrons. The molecule has 0 bridgehead atoms.